The first-order chi connectivity index (χ1) is 12.3. The van der Waals surface area contributed by atoms with Gasteiger partial charge in [0.1, 0.15) is 11.4 Å². The highest BCUT2D eigenvalue weighted by Gasteiger charge is 2.25. The summed E-state index contributed by atoms with van der Waals surface area (Å²) in [6.07, 6.45) is 3.49. The SMILES string of the molecule is CC(C)(C)OC(=O)NCCNC(=O)NCC(c1ccco1)N1CCCC1. The third kappa shape index (κ3) is 6.95. The fourth-order valence-corrected chi connectivity index (χ4v) is 2.85. The maximum absolute atomic E-state index is 12.0. The van der Waals surface area contributed by atoms with E-state index in [0.717, 1.165) is 18.8 Å². The number of ether oxygens (including phenoxy) is 1. The molecular weight excluding hydrogens is 336 g/mol. The minimum Gasteiger partial charge on any atom is -0.468 e. The molecule has 1 atom stereocenters. The number of hydrogen-bond acceptors (Lipinski definition) is 5. The quantitative estimate of drug-likeness (QED) is 0.643. The molecule has 2 heterocycles. The fraction of sp³-hybridized carbons (Fsp3) is 0.667. The molecule has 3 N–H and O–H groups in total. The van der Waals surface area contributed by atoms with Crippen molar-refractivity contribution in [1.82, 2.24) is 20.9 Å². The van der Waals surface area contributed by atoms with Crippen molar-refractivity contribution in [1.29, 1.82) is 0 Å². The Morgan fingerprint density at radius 3 is 2.50 bits per heavy atom. The Kier molecular flexibility index (Phi) is 7.32. The van der Waals surface area contributed by atoms with Gasteiger partial charge in [0.05, 0.1) is 12.3 Å². The summed E-state index contributed by atoms with van der Waals surface area (Å²) in [4.78, 5) is 25.8. The van der Waals surface area contributed by atoms with Crippen LogP contribution in [0.5, 0.6) is 0 Å². The molecule has 0 aliphatic carbocycles. The zero-order valence-electron chi connectivity index (χ0n) is 15.8. The number of carbonyl (C=O) groups excluding carboxylic acids is 2. The van der Waals surface area contributed by atoms with Crippen LogP contribution in [-0.4, -0.2) is 55.3 Å². The second-order valence-corrected chi connectivity index (χ2v) is 7.34. The third-order valence-corrected chi connectivity index (χ3v) is 3.99. The molecule has 1 aromatic rings. The molecule has 1 saturated heterocycles. The van der Waals surface area contributed by atoms with E-state index in [4.69, 9.17) is 9.15 Å². The number of rotatable bonds is 7. The van der Waals surface area contributed by atoms with Crippen molar-refractivity contribution in [2.45, 2.75) is 45.3 Å². The Hall–Kier alpha value is -2.22. The van der Waals surface area contributed by atoms with Crippen molar-refractivity contribution < 1.29 is 18.7 Å². The number of nitrogens with zero attached hydrogens (tertiary/aromatic N) is 1. The third-order valence-electron chi connectivity index (χ3n) is 3.99. The number of hydrogen-bond donors (Lipinski definition) is 3. The number of likely N-dealkylation sites (tertiary alicyclic amines) is 1. The number of amides is 3. The van der Waals surface area contributed by atoms with Crippen molar-refractivity contribution >= 4 is 12.1 Å². The number of furan rings is 1. The predicted molar refractivity (Wildman–Crippen MR) is 97.9 cm³/mol. The molecule has 0 radical (unpaired) electrons. The van der Waals surface area contributed by atoms with Gasteiger partial charge in [0.25, 0.3) is 0 Å². The number of carbonyl (C=O) groups is 2. The van der Waals surface area contributed by atoms with Crippen LogP contribution in [0.3, 0.4) is 0 Å². The normalized spacial score (nSPS) is 16.1. The van der Waals surface area contributed by atoms with Crippen LogP contribution in [0, 0.1) is 0 Å². The van der Waals surface area contributed by atoms with Crippen molar-refractivity contribution in [3.8, 4) is 0 Å². The maximum Gasteiger partial charge on any atom is 0.407 e. The first-order valence-electron chi connectivity index (χ1n) is 9.11. The van der Waals surface area contributed by atoms with Gasteiger partial charge in [0.15, 0.2) is 0 Å². The summed E-state index contributed by atoms with van der Waals surface area (Å²) in [5.74, 6) is 0.860. The van der Waals surface area contributed by atoms with Gasteiger partial charge < -0.3 is 25.1 Å². The molecule has 8 nitrogen and oxygen atoms in total. The monoisotopic (exact) mass is 366 g/mol. The molecule has 1 aromatic heterocycles. The van der Waals surface area contributed by atoms with E-state index in [2.05, 4.69) is 20.9 Å². The first kappa shape index (κ1) is 20.1. The smallest absolute Gasteiger partial charge is 0.407 e. The lowest BCUT2D eigenvalue weighted by atomic mass is 10.2. The van der Waals surface area contributed by atoms with Crippen LogP contribution < -0.4 is 16.0 Å². The van der Waals surface area contributed by atoms with E-state index in [1.165, 1.54) is 12.8 Å². The highest BCUT2D eigenvalue weighted by molar-refractivity contribution is 5.74. The van der Waals surface area contributed by atoms with Gasteiger partial charge in [0, 0.05) is 19.6 Å². The van der Waals surface area contributed by atoms with E-state index in [0.29, 0.717) is 19.6 Å². The second kappa shape index (κ2) is 9.47. The lowest BCUT2D eigenvalue weighted by molar-refractivity contribution is 0.0528. The van der Waals surface area contributed by atoms with Gasteiger partial charge in [-0.2, -0.15) is 0 Å². The van der Waals surface area contributed by atoms with E-state index in [9.17, 15) is 9.59 Å². The van der Waals surface area contributed by atoms with E-state index < -0.39 is 11.7 Å². The Bertz CT molecular complexity index is 562. The molecule has 1 aliphatic heterocycles. The lowest BCUT2D eigenvalue weighted by Crippen LogP contribution is -2.44. The van der Waals surface area contributed by atoms with Crippen LogP contribution in [0.25, 0.3) is 0 Å². The molecule has 8 heteroatoms. The van der Waals surface area contributed by atoms with E-state index in [1.54, 1.807) is 27.0 Å². The standard InChI is InChI=1S/C18H30N4O4/c1-18(2,3)26-17(24)20-9-8-19-16(23)21-13-14(15-7-6-12-25-15)22-10-4-5-11-22/h6-7,12,14H,4-5,8-11,13H2,1-3H3,(H,20,24)(H2,19,21,23). The van der Waals surface area contributed by atoms with Crippen LogP contribution >= 0.6 is 0 Å². The Morgan fingerprint density at radius 1 is 1.19 bits per heavy atom. The van der Waals surface area contributed by atoms with E-state index in [-0.39, 0.29) is 12.1 Å². The lowest BCUT2D eigenvalue weighted by Gasteiger charge is -2.26. The maximum atomic E-state index is 12.0. The van der Waals surface area contributed by atoms with Crippen molar-refractivity contribution in [3.63, 3.8) is 0 Å². The number of nitrogens with one attached hydrogen (secondary N) is 3. The molecule has 1 aliphatic rings. The van der Waals surface area contributed by atoms with Crippen LogP contribution in [-0.2, 0) is 4.74 Å². The molecule has 1 unspecified atom stereocenters. The zero-order valence-corrected chi connectivity index (χ0v) is 15.8. The minimum absolute atomic E-state index is 0.0399. The molecule has 26 heavy (non-hydrogen) atoms. The Balaban J connectivity index is 1.67. The van der Waals surface area contributed by atoms with Crippen LogP contribution in [0.1, 0.15) is 45.4 Å². The molecule has 0 spiro atoms. The van der Waals surface area contributed by atoms with Crippen LogP contribution in [0.4, 0.5) is 9.59 Å². The largest absolute Gasteiger partial charge is 0.468 e. The summed E-state index contributed by atoms with van der Waals surface area (Å²) in [6, 6.07) is 3.57. The summed E-state index contributed by atoms with van der Waals surface area (Å²) in [6.45, 7) is 8.51. The number of alkyl carbamates (subject to hydrolysis) is 1. The Morgan fingerprint density at radius 2 is 1.88 bits per heavy atom. The highest BCUT2D eigenvalue weighted by atomic mass is 16.6. The molecular formula is C18H30N4O4. The predicted octanol–water partition coefficient (Wildman–Crippen LogP) is 2.24. The second-order valence-electron chi connectivity index (χ2n) is 7.34. The van der Waals surface area contributed by atoms with Gasteiger partial charge in [-0.25, -0.2) is 9.59 Å². The molecule has 3 amide bonds. The van der Waals surface area contributed by atoms with Crippen molar-refractivity contribution in [3.05, 3.63) is 24.2 Å². The van der Waals surface area contributed by atoms with E-state index >= 15 is 0 Å². The van der Waals surface area contributed by atoms with Crippen molar-refractivity contribution in [2.24, 2.45) is 0 Å². The molecule has 1 fully saturated rings. The highest BCUT2D eigenvalue weighted by Crippen LogP contribution is 2.24. The van der Waals surface area contributed by atoms with Gasteiger partial charge >= 0.3 is 12.1 Å². The van der Waals surface area contributed by atoms with Crippen molar-refractivity contribution in [2.75, 3.05) is 32.7 Å². The average Bonchev–Trinajstić information content (AvgIpc) is 3.24. The summed E-state index contributed by atoms with van der Waals surface area (Å²) >= 11 is 0. The minimum atomic E-state index is -0.536. The summed E-state index contributed by atoms with van der Waals surface area (Å²) < 4.78 is 10.7. The van der Waals surface area contributed by atoms with Gasteiger partial charge in [0.2, 0.25) is 0 Å². The molecule has 0 aromatic carbocycles. The molecule has 2 rings (SSSR count). The zero-order chi connectivity index (χ0) is 19.0. The average molecular weight is 366 g/mol. The topological polar surface area (TPSA) is 95.8 Å². The van der Waals surface area contributed by atoms with E-state index in [1.807, 2.05) is 12.1 Å². The summed E-state index contributed by atoms with van der Waals surface area (Å²) in [5, 5.41) is 8.20. The van der Waals surface area contributed by atoms with Gasteiger partial charge in [-0.1, -0.05) is 0 Å². The summed E-state index contributed by atoms with van der Waals surface area (Å²) in [7, 11) is 0. The molecule has 0 saturated carbocycles. The fourth-order valence-electron chi connectivity index (χ4n) is 2.85. The molecule has 146 valence electrons. The van der Waals surface area contributed by atoms with Crippen LogP contribution in [0.2, 0.25) is 0 Å². The first-order valence-corrected chi connectivity index (χ1v) is 9.11. The van der Waals surface area contributed by atoms with Gasteiger partial charge in [-0.05, 0) is 58.8 Å². The number of urea groups is 1. The van der Waals surface area contributed by atoms with Gasteiger partial charge in [-0.3, -0.25) is 4.90 Å². The molecule has 0 bridgehead atoms. The van der Waals surface area contributed by atoms with Crippen LogP contribution in [0.15, 0.2) is 22.8 Å². The Labute approximate surface area is 154 Å². The van der Waals surface area contributed by atoms with Gasteiger partial charge in [-0.15, -0.1) is 0 Å². The summed E-state index contributed by atoms with van der Waals surface area (Å²) in [5.41, 5.74) is -0.536.